The molecular weight excluding hydrogens is 196 g/mol. The minimum atomic E-state index is 0.376. The van der Waals surface area contributed by atoms with E-state index in [9.17, 15) is 0 Å². The summed E-state index contributed by atoms with van der Waals surface area (Å²) in [5, 5.41) is 0. The molecule has 1 heteroatoms. The van der Waals surface area contributed by atoms with E-state index in [1.54, 1.807) is 0 Å². The van der Waals surface area contributed by atoms with Gasteiger partial charge >= 0.3 is 0 Å². The lowest BCUT2D eigenvalue weighted by Gasteiger charge is -2.38. The summed E-state index contributed by atoms with van der Waals surface area (Å²) < 4.78 is 6.17. The molecule has 0 N–H and O–H groups in total. The molecule has 16 heavy (non-hydrogen) atoms. The summed E-state index contributed by atoms with van der Waals surface area (Å²) in [6, 6.07) is 0. The Kier molecular flexibility index (Phi) is 2.47. The molecule has 1 saturated carbocycles. The lowest BCUT2D eigenvalue weighted by atomic mass is 9.77. The van der Waals surface area contributed by atoms with Crippen LogP contribution in [-0.2, 0) is 4.74 Å². The first-order chi connectivity index (χ1) is 7.65. The van der Waals surface area contributed by atoms with E-state index in [0.717, 1.165) is 36.5 Å². The molecule has 2 aliphatic carbocycles. The van der Waals surface area contributed by atoms with Gasteiger partial charge in [-0.3, -0.25) is 0 Å². The maximum Gasteiger partial charge on any atom is 0.0652 e. The highest BCUT2D eigenvalue weighted by molar-refractivity contribution is 5.16. The summed E-state index contributed by atoms with van der Waals surface area (Å²) in [5.41, 5.74) is 1.39. The van der Waals surface area contributed by atoms with Crippen molar-refractivity contribution in [1.29, 1.82) is 0 Å². The number of hydrogen-bond donors (Lipinski definition) is 0. The zero-order valence-electron chi connectivity index (χ0n) is 10.4. The van der Waals surface area contributed by atoms with Gasteiger partial charge in [0.15, 0.2) is 0 Å². The smallest absolute Gasteiger partial charge is 0.0652 e. The van der Waals surface area contributed by atoms with E-state index in [-0.39, 0.29) is 0 Å². The highest BCUT2D eigenvalue weighted by Crippen LogP contribution is 2.51. The van der Waals surface area contributed by atoms with Crippen LogP contribution in [0, 0.1) is 23.7 Å². The Labute approximate surface area is 98.6 Å². The van der Waals surface area contributed by atoms with Gasteiger partial charge in [-0.15, -0.1) is 0 Å². The number of rotatable bonds is 1. The molecule has 1 saturated heterocycles. The normalized spacial score (nSPS) is 51.2. The second-order valence-corrected chi connectivity index (χ2v) is 6.03. The second kappa shape index (κ2) is 3.73. The van der Waals surface area contributed by atoms with Crippen LogP contribution < -0.4 is 0 Å². The molecule has 2 fully saturated rings. The Balaban J connectivity index is 1.77. The second-order valence-electron chi connectivity index (χ2n) is 6.03. The predicted molar refractivity (Wildman–Crippen MR) is 66.1 cm³/mol. The van der Waals surface area contributed by atoms with Gasteiger partial charge in [-0.2, -0.15) is 0 Å². The zero-order valence-corrected chi connectivity index (χ0v) is 10.4. The van der Waals surface area contributed by atoms with Gasteiger partial charge in [-0.25, -0.2) is 0 Å². The number of hydrogen-bond acceptors (Lipinski definition) is 1. The van der Waals surface area contributed by atoms with Crippen molar-refractivity contribution in [2.45, 2.75) is 45.3 Å². The van der Waals surface area contributed by atoms with Gasteiger partial charge in [0.1, 0.15) is 0 Å². The van der Waals surface area contributed by atoms with E-state index in [1.807, 2.05) is 0 Å². The first kappa shape index (κ1) is 10.6. The monoisotopic (exact) mass is 218 g/mol. The van der Waals surface area contributed by atoms with Crippen LogP contribution in [0.1, 0.15) is 33.1 Å². The number of fused-ring (bicyclic) bond motifs is 2. The van der Waals surface area contributed by atoms with Gasteiger partial charge in [0, 0.05) is 0 Å². The molecule has 3 aliphatic rings. The molecule has 6 atom stereocenters. The third-order valence-corrected chi connectivity index (χ3v) is 4.83. The highest BCUT2D eigenvalue weighted by Gasteiger charge is 2.46. The van der Waals surface area contributed by atoms with Crippen molar-refractivity contribution in [1.82, 2.24) is 0 Å². The van der Waals surface area contributed by atoms with Gasteiger partial charge in [-0.05, 0) is 49.9 Å². The molecule has 0 radical (unpaired) electrons. The van der Waals surface area contributed by atoms with E-state index in [0.29, 0.717) is 12.2 Å². The standard InChI is InChI=1S/C15H22O/c1-9-6-10(2)16-14(7-9)15-11(3)12-4-5-13(15)8-12/h4-5,10-15H,1,6-8H2,2-3H3. The third-order valence-electron chi connectivity index (χ3n) is 4.83. The Morgan fingerprint density at radius 1 is 1.19 bits per heavy atom. The van der Waals surface area contributed by atoms with Crippen LogP contribution >= 0.6 is 0 Å². The number of ether oxygens (including phenoxy) is 1. The molecule has 1 nitrogen and oxygen atoms in total. The van der Waals surface area contributed by atoms with E-state index in [2.05, 4.69) is 32.6 Å². The minimum Gasteiger partial charge on any atom is -0.374 e. The molecule has 0 aromatic heterocycles. The van der Waals surface area contributed by atoms with Gasteiger partial charge in [0.2, 0.25) is 0 Å². The Morgan fingerprint density at radius 2 is 1.94 bits per heavy atom. The van der Waals surface area contributed by atoms with Crippen molar-refractivity contribution in [3.8, 4) is 0 Å². The first-order valence-electron chi connectivity index (χ1n) is 6.65. The quantitative estimate of drug-likeness (QED) is 0.611. The van der Waals surface area contributed by atoms with E-state index >= 15 is 0 Å². The summed E-state index contributed by atoms with van der Waals surface area (Å²) in [6.07, 6.45) is 9.19. The summed E-state index contributed by atoms with van der Waals surface area (Å²) in [4.78, 5) is 0. The average Bonchev–Trinajstić information content (AvgIpc) is 2.75. The van der Waals surface area contributed by atoms with Gasteiger partial charge < -0.3 is 4.74 Å². The van der Waals surface area contributed by atoms with Crippen molar-refractivity contribution in [2.24, 2.45) is 23.7 Å². The molecule has 3 rings (SSSR count). The van der Waals surface area contributed by atoms with Crippen LogP contribution in [0.15, 0.2) is 24.3 Å². The molecule has 0 aromatic carbocycles. The van der Waals surface area contributed by atoms with Crippen molar-refractivity contribution < 1.29 is 4.74 Å². The molecule has 0 aromatic rings. The summed E-state index contributed by atoms with van der Waals surface area (Å²) in [6.45, 7) is 8.77. The summed E-state index contributed by atoms with van der Waals surface area (Å²) in [7, 11) is 0. The van der Waals surface area contributed by atoms with Crippen molar-refractivity contribution in [3.05, 3.63) is 24.3 Å². The maximum atomic E-state index is 6.17. The highest BCUT2D eigenvalue weighted by atomic mass is 16.5. The molecule has 1 aliphatic heterocycles. The van der Waals surface area contributed by atoms with Crippen LogP contribution in [0.3, 0.4) is 0 Å². The van der Waals surface area contributed by atoms with E-state index in [1.165, 1.54) is 12.0 Å². The topological polar surface area (TPSA) is 9.23 Å². The fraction of sp³-hybridized carbons (Fsp3) is 0.733. The zero-order chi connectivity index (χ0) is 11.3. The predicted octanol–water partition coefficient (Wildman–Crippen LogP) is 3.57. The van der Waals surface area contributed by atoms with Crippen LogP contribution in [-0.4, -0.2) is 12.2 Å². The molecule has 6 unspecified atom stereocenters. The van der Waals surface area contributed by atoms with E-state index in [4.69, 9.17) is 4.74 Å². The fourth-order valence-electron chi connectivity index (χ4n) is 4.12. The molecule has 2 bridgehead atoms. The van der Waals surface area contributed by atoms with Crippen molar-refractivity contribution >= 4 is 0 Å². The lowest BCUT2D eigenvalue weighted by molar-refractivity contribution is -0.0668. The van der Waals surface area contributed by atoms with Crippen LogP contribution in [0.2, 0.25) is 0 Å². The fourth-order valence-corrected chi connectivity index (χ4v) is 4.12. The van der Waals surface area contributed by atoms with Gasteiger partial charge in [0.05, 0.1) is 12.2 Å². The Morgan fingerprint density at radius 3 is 2.56 bits per heavy atom. The molecule has 88 valence electrons. The minimum absolute atomic E-state index is 0.376. The molecule has 1 heterocycles. The van der Waals surface area contributed by atoms with Crippen molar-refractivity contribution in [2.75, 3.05) is 0 Å². The van der Waals surface area contributed by atoms with Crippen LogP contribution in [0.25, 0.3) is 0 Å². The largest absolute Gasteiger partial charge is 0.374 e. The van der Waals surface area contributed by atoms with Crippen LogP contribution in [0.5, 0.6) is 0 Å². The SMILES string of the molecule is C=C1CC(C)OC(C2C3C=CC(C3)C2C)C1. The average molecular weight is 218 g/mol. The first-order valence-corrected chi connectivity index (χ1v) is 6.65. The number of allylic oxidation sites excluding steroid dienone is 2. The Hall–Kier alpha value is -0.560. The van der Waals surface area contributed by atoms with Crippen molar-refractivity contribution in [3.63, 3.8) is 0 Å². The summed E-state index contributed by atoms with van der Waals surface area (Å²) >= 11 is 0. The third kappa shape index (κ3) is 1.57. The van der Waals surface area contributed by atoms with E-state index < -0.39 is 0 Å². The Bertz CT molecular complexity index is 330. The van der Waals surface area contributed by atoms with Gasteiger partial charge in [0.25, 0.3) is 0 Å². The maximum absolute atomic E-state index is 6.17. The lowest BCUT2D eigenvalue weighted by Crippen LogP contribution is -2.37. The van der Waals surface area contributed by atoms with Gasteiger partial charge in [-0.1, -0.05) is 31.2 Å². The molecule has 0 spiro atoms. The molecular formula is C15H22O. The molecule has 0 amide bonds. The summed E-state index contributed by atoms with van der Waals surface area (Å²) in [5.74, 6) is 3.15. The van der Waals surface area contributed by atoms with Crippen LogP contribution in [0.4, 0.5) is 0 Å².